The number of fused-ring (bicyclic) bond motifs is 3. The van der Waals surface area contributed by atoms with Gasteiger partial charge in [-0.25, -0.2) is 0 Å². The van der Waals surface area contributed by atoms with Gasteiger partial charge in [-0.2, -0.15) is 0 Å². The van der Waals surface area contributed by atoms with Gasteiger partial charge in [-0.3, -0.25) is 29.0 Å². The number of phenolic OH excluding ortho intramolecular Hbond substituents is 1. The van der Waals surface area contributed by atoms with Gasteiger partial charge < -0.3 is 30.5 Å². The molecule has 0 radical (unpaired) electrons. The molecule has 46 heavy (non-hydrogen) atoms. The summed E-state index contributed by atoms with van der Waals surface area (Å²) in [5.74, 6) is -8.89. The molecular formula is C34H45N3O9. The number of hydrogen-bond donors (Lipinski definition) is 5. The molecule has 1 saturated heterocycles. The van der Waals surface area contributed by atoms with Gasteiger partial charge in [0.15, 0.2) is 11.4 Å². The molecule has 4 aliphatic rings. The number of rotatable bonds is 6. The molecule has 3 aliphatic carbocycles. The number of Topliss-reactive ketones (excluding diaryl/α,β-unsaturated/α-hetero) is 2. The summed E-state index contributed by atoms with van der Waals surface area (Å²) in [4.78, 5) is 58.6. The van der Waals surface area contributed by atoms with E-state index in [-0.39, 0.29) is 30.0 Å². The van der Waals surface area contributed by atoms with Gasteiger partial charge in [0.2, 0.25) is 5.78 Å². The molecule has 0 spiro atoms. The summed E-state index contributed by atoms with van der Waals surface area (Å²) in [5.41, 5.74) is -3.76. The smallest absolute Gasteiger partial charge is 0.305 e. The third-order valence-electron chi connectivity index (χ3n) is 10.1. The van der Waals surface area contributed by atoms with Crippen LogP contribution in [-0.2, 0) is 24.5 Å². The zero-order chi connectivity index (χ0) is 34.0. The normalized spacial score (nSPS) is 29.9. The Hall–Kier alpha value is -3.74. The number of esters is 1. The van der Waals surface area contributed by atoms with E-state index in [1.807, 2.05) is 25.7 Å². The molecule has 1 fully saturated rings. The molecular weight excluding hydrogens is 594 g/mol. The van der Waals surface area contributed by atoms with Crippen LogP contribution < -0.4 is 5.32 Å². The number of nitrogens with zero attached hydrogens (tertiary/aromatic N) is 2. The highest BCUT2D eigenvalue weighted by molar-refractivity contribution is 6.25. The fourth-order valence-corrected chi connectivity index (χ4v) is 7.77. The highest BCUT2D eigenvalue weighted by atomic mass is 16.5. The molecule has 0 aromatic heterocycles. The average molecular weight is 640 g/mol. The second-order valence-electron chi connectivity index (χ2n) is 14.2. The van der Waals surface area contributed by atoms with Crippen molar-refractivity contribution in [3.8, 4) is 5.75 Å². The number of phenols is 1. The van der Waals surface area contributed by atoms with E-state index in [1.165, 1.54) is 4.90 Å². The summed E-state index contributed by atoms with van der Waals surface area (Å²) < 4.78 is 5.94. The lowest BCUT2D eigenvalue weighted by Gasteiger charge is -2.54. The van der Waals surface area contributed by atoms with Crippen LogP contribution in [0.15, 0.2) is 34.8 Å². The third kappa shape index (κ3) is 5.01. The highest BCUT2D eigenvalue weighted by Gasteiger charge is 2.68. The summed E-state index contributed by atoms with van der Waals surface area (Å²) in [6, 6.07) is 2.17. The molecule has 0 unspecified atom stereocenters. The van der Waals surface area contributed by atoms with Crippen LogP contribution in [0, 0.1) is 11.8 Å². The predicted octanol–water partition coefficient (Wildman–Crippen LogP) is 2.60. The van der Waals surface area contributed by atoms with Crippen molar-refractivity contribution in [2.75, 3.05) is 33.9 Å². The highest BCUT2D eigenvalue weighted by Crippen LogP contribution is 2.57. The zero-order valence-corrected chi connectivity index (χ0v) is 27.5. The van der Waals surface area contributed by atoms with Crippen molar-refractivity contribution in [2.24, 2.45) is 11.8 Å². The second kappa shape index (κ2) is 11.8. The first kappa shape index (κ1) is 33.6. The molecule has 250 valence electrons. The lowest BCUT2D eigenvalue weighted by molar-refractivity contribution is -0.180. The third-order valence-corrected chi connectivity index (χ3v) is 10.1. The molecule has 1 heterocycles. The summed E-state index contributed by atoms with van der Waals surface area (Å²) in [7, 11) is 3.12. The number of benzene rings is 1. The zero-order valence-electron chi connectivity index (χ0n) is 27.5. The Morgan fingerprint density at radius 3 is 2.30 bits per heavy atom. The maximum atomic E-state index is 14.4. The van der Waals surface area contributed by atoms with E-state index in [4.69, 9.17) is 4.74 Å². The Kier molecular flexibility index (Phi) is 8.63. The Labute approximate surface area is 268 Å². The fourth-order valence-electron chi connectivity index (χ4n) is 7.77. The van der Waals surface area contributed by atoms with Gasteiger partial charge in [0.05, 0.1) is 24.2 Å². The van der Waals surface area contributed by atoms with Crippen molar-refractivity contribution in [2.45, 2.75) is 83.0 Å². The van der Waals surface area contributed by atoms with E-state index in [1.54, 1.807) is 40.1 Å². The molecule has 12 heteroatoms. The van der Waals surface area contributed by atoms with Crippen LogP contribution >= 0.6 is 0 Å². The number of ketones is 2. The van der Waals surface area contributed by atoms with Gasteiger partial charge in [0.1, 0.15) is 28.9 Å². The van der Waals surface area contributed by atoms with Gasteiger partial charge >= 0.3 is 5.97 Å². The predicted molar refractivity (Wildman–Crippen MR) is 167 cm³/mol. The van der Waals surface area contributed by atoms with E-state index < -0.39 is 81.4 Å². The standard InChI is InChI=1S/C34H45N3O9/c1-8-19(38)46-29-20-16(2)17-11-12-18(33(3,4)5)26(39)21(17)27(40)22(20)30(42)34(45)24(29)25(36(6)7)28(41)23(31(34)43)32(44)35-15-37-13-9-10-14-37/h11-12,16,20,24-25,29,39,41-42,45H,8-10,13-15H2,1-7H3,(H,35,44)/t16-,20+,24+,25-,29+,34-/m1/s1. The SMILES string of the molecule is CCC(=O)O[C@H]1[C@@H]2C(=C(O)[C@@]3(O)C(=O)C(C(=O)NCN4CCCC4)=C(O)[C@H](N(C)C)[C@@H]13)C(=O)c1c(ccc(C(C)(C)C)c1O)[C@H]2C. The van der Waals surface area contributed by atoms with E-state index >= 15 is 0 Å². The number of aliphatic hydroxyl groups is 3. The fraction of sp³-hybridized carbons (Fsp3) is 0.588. The summed E-state index contributed by atoms with van der Waals surface area (Å²) in [6.07, 6.45) is 0.444. The monoisotopic (exact) mass is 639 g/mol. The molecule has 6 atom stereocenters. The van der Waals surface area contributed by atoms with Gasteiger partial charge in [-0.15, -0.1) is 0 Å². The van der Waals surface area contributed by atoms with E-state index in [9.17, 15) is 39.6 Å². The van der Waals surface area contributed by atoms with Crippen LogP contribution in [0.1, 0.15) is 81.3 Å². The quantitative estimate of drug-likeness (QED) is 0.228. The average Bonchev–Trinajstić information content (AvgIpc) is 3.50. The lowest BCUT2D eigenvalue weighted by Crippen LogP contribution is -2.69. The first-order chi connectivity index (χ1) is 21.5. The Balaban J connectivity index is 1.74. The number of ether oxygens (including phenoxy) is 1. The Morgan fingerprint density at radius 2 is 1.74 bits per heavy atom. The number of aliphatic hydroxyl groups excluding tert-OH is 2. The van der Waals surface area contributed by atoms with Gasteiger partial charge in [0, 0.05) is 23.5 Å². The minimum absolute atomic E-state index is 0.0689. The molecule has 12 nitrogen and oxygen atoms in total. The van der Waals surface area contributed by atoms with E-state index in [0.717, 1.165) is 25.9 Å². The number of amides is 1. The molecule has 1 amide bonds. The molecule has 0 saturated carbocycles. The topological polar surface area (TPSA) is 177 Å². The second-order valence-corrected chi connectivity index (χ2v) is 14.2. The van der Waals surface area contributed by atoms with Crippen LogP contribution in [-0.4, -0.2) is 105 Å². The number of nitrogens with one attached hydrogen (secondary N) is 1. The Morgan fingerprint density at radius 1 is 1.11 bits per heavy atom. The van der Waals surface area contributed by atoms with Crippen LogP contribution in [0.3, 0.4) is 0 Å². The lowest BCUT2D eigenvalue weighted by atomic mass is 9.55. The van der Waals surface area contributed by atoms with Gasteiger partial charge in [-0.1, -0.05) is 46.8 Å². The number of carbonyl (C=O) groups excluding carboxylic acids is 4. The van der Waals surface area contributed by atoms with Crippen LogP contribution in [0.5, 0.6) is 5.75 Å². The van der Waals surface area contributed by atoms with Crippen molar-refractivity contribution in [3.63, 3.8) is 0 Å². The van der Waals surface area contributed by atoms with Crippen molar-refractivity contribution in [3.05, 3.63) is 51.5 Å². The largest absolute Gasteiger partial charge is 0.510 e. The summed E-state index contributed by atoms with van der Waals surface area (Å²) >= 11 is 0. The van der Waals surface area contributed by atoms with Crippen molar-refractivity contribution >= 4 is 23.4 Å². The first-order valence-electron chi connectivity index (χ1n) is 15.9. The van der Waals surface area contributed by atoms with Crippen LogP contribution in [0.2, 0.25) is 0 Å². The van der Waals surface area contributed by atoms with E-state index in [2.05, 4.69) is 5.32 Å². The number of carbonyl (C=O) groups is 4. The van der Waals surface area contributed by atoms with Crippen LogP contribution in [0.4, 0.5) is 0 Å². The Bertz CT molecular complexity index is 1550. The number of likely N-dealkylation sites (N-methyl/N-ethyl adjacent to an activating group) is 1. The van der Waals surface area contributed by atoms with E-state index in [0.29, 0.717) is 11.1 Å². The number of aromatic hydroxyl groups is 1. The molecule has 1 aromatic rings. The minimum atomic E-state index is -2.93. The molecule has 5 N–H and O–H groups in total. The van der Waals surface area contributed by atoms with Gasteiger partial charge in [-0.05, 0) is 56.9 Å². The van der Waals surface area contributed by atoms with Crippen LogP contribution in [0.25, 0.3) is 0 Å². The first-order valence-corrected chi connectivity index (χ1v) is 15.9. The molecule has 5 rings (SSSR count). The number of likely N-dealkylation sites (tertiary alicyclic amines) is 1. The number of hydrogen-bond acceptors (Lipinski definition) is 11. The van der Waals surface area contributed by atoms with Crippen molar-refractivity contribution in [1.29, 1.82) is 0 Å². The molecule has 1 aromatic carbocycles. The van der Waals surface area contributed by atoms with Crippen molar-refractivity contribution in [1.82, 2.24) is 15.1 Å². The molecule has 1 aliphatic heterocycles. The maximum Gasteiger partial charge on any atom is 0.305 e. The van der Waals surface area contributed by atoms with Gasteiger partial charge in [0.25, 0.3) is 5.91 Å². The maximum absolute atomic E-state index is 14.4. The minimum Gasteiger partial charge on any atom is -0.510 e. The summed E-state index contributed by atoms with van der Waals surface area (Å²) in [5, 5.41) is 50.0. The van der Waals surface area contributed by atoms with Crippen molar-refractivity contribution < 1.29 is 44.3 Å². The molecule has 0 bridgehead atoms. The summed E-state index contributed by atoms with van der Waals surface area (Å²) in [6.45, 7) is 10.5.